The Labute approximate surface area is 155 Å². The lowest BCUT2D eigenvalue weighted by atomic mass is 9.87. The number of hydrogen-bond donors (Lipinski definition) is 2. The van der Waals surface area contributed by atoms with Crippen molar-refractivity contribution in [2.75, 3.05) is 12.3 Å². The number of ether oxygens (including phenoxy) is 1. The molecule has 1 amide bonds. The smallest absolute Gasteiger partial charge is 0.222 e. The number of carbonyl (C=O) groups is 1. The van der Waals surface area contributed by atoms with Gasteiger partial charge in [0.1, 0.15) is 0 Å². The molecule has 1 aliphatic carbocycles. The monoisotopic (exact) mass is 360 g/mol. The van der Waals surface area contributed by atoms with Crippen molar-refractivity contribution in [3.05, 3.63) is 65.2 Å². The van der Waals surface area contributed by atoms with Crippen LogP contribution >= 0.6 is 12.4 Å². The molecule has 2 aromatic rings. The minimum atomic E-state index is 0. The van der Waals surface area contributed by atoms with Crippen molar-refractivity contribution in [1.82, 2.24) is 5.32 Å². The molecule has 0 radical (unpaired) electrons. The highest BCUT2D eigenvalue weighted by Gasteiger charge is 2.21. The highest BCUT2D eigenvalue weighted by atomic mass is 35.5. The van der Waals surface area contributed by atoms with Crippen molar-refractivity contribution < 1.29 is 9.53 Å². The van der Waals surface area contributed by atoms with Gasteiger partial charge in [-0.2, -0.15) is 0 Å². The molecule has 134 valence electrons. The molecular weight excluding hydrogens is 336 g/mol. The number of nitrogen functional groups attached to an aromatic ring is 1. The summed E-state index contributed by atoms with van der Waals surface area (Å²) in [5.74, 6) is 0.0396. The van der Waals surface area contributed by atoms with E-state index in [0.717, 1.165) is 30.5 Å². The SMILES string of the molecule is Cl.Nc1ccc2c(c1)CCCC2NC(=O)CCOCc1ccccc1. The number of hydrogen-bond acceptors (Lipinski definition) is 3. The highest BCUT2D eigenvalue weighted by Crippen LogP contribution is 2.30. The second-order valence-electron chi connectivity index (χ2n) is 6.26. The van der Waals surface area contributed by atoms with Gasteiger partial charge in [0.15, 0.2) is 0 Å². The van der Waals surface area contributed by atoms with Crippen molar-refractivity contribution in [1.29, 1.82) is 0 Å². The summed E-state index contributed by atoms with van der Waals surface area (Å²) in [6.07, 6.45) is 3.47. The van der Waals surface area contributed by atoms with Gasteiger partial charge in [-0.05, 0) is 48.1 Å². The Bertz CT molecular complexity index is 691. The van der Waals surface area contributed by atoms with Gasteiger partial charge < -0.3 is 15.8 Å². The van der Waals surface area contributed by atoms with Gasteiger partial charge in [0, 0.05) is 12.1 Å². The number of rotatable bonds is 6. The zero-order valence-electron chi connectivity index (χ0n) is 14.2. The van der Waals surface area contributed by atoms with Gasteiger partial charge in [-0.25, -0.2) is 0 Å². The van der Waals surface area contributed by atoms with Crippen LogP contribution in [0.15, 0.2) is 48.5 Å². The third-order valence-electron chi connectivity index (χ3n) is 4.40. The molecule has 3 rings (SSSR count). The van der Waals surface area contributed by atoms with Crippen molar-refractivity contribution in [3.63, 3.8) is 0 Å². The number of nitrogens with one attached hydrogen (secondary N) is 1. The summed E-state index contributed by atoms with van der Waals surface area (Å²) in [5, 5.41) is 3.13. The van der Waals surface area contributed by atoms with E-state index in [1.807, 2.05) is 48.5 Å². The average Bonchev–Trinajstić information content (AvgIpc) is 2.59. The van der Waals surface area contributed by atoms with Crippen LogP contribution in [0.25, 0.3) is 0 Å². The van der Waals surface area contributed by atoms with E-state index in [1.165, 1.54) is 11.1 Å². The number of amides is 1. The zero-order chi connectivity index (χ0) is 16.8. The van der Waals surface area contributed by atoms with Crippen molar-refractivity contribution in [2.24, 2.45) is 0 Å². The lowest BCUT2D eigenvalue weighted by Crippen LogP contribution is -2.31. The van der Waals surface area contributed by atoms with Crippen LogP contribution in [0, 0.1) is 0 Å². The van der Waals surface area contributed by atoms with E-state index in [2.05, 4.69) is 5.32 Å². The van der Waals surface area contributed by atoms with Gasteiger partial charge in [-0.1, -0.05) is 36.4 Å². The molecule has 1 atom stereocenters. The third-order valence-corrected chi connectivity index (χ3v) is 4.40. The fraction of sp³-hybridized carbons (Fsp3) is 0.350. The van der Waals surface area contributed by atoms with Gasteiger partial charge in [-0.15, -0.1) is 12.4 Å². The maximum absolute atomic E-state index is 12.2. The Morgan fingerprint density at radius 3 is 2.80 bits per heavy atom. The van der Waals surface area contributed by atoms with Crippen LogP contribution in [-0.4, -0.2) is 12.5 Å². The van der Waals surface area contributed by atoms with Crippen LogP contribution in [0.5, 0.6) is 0 Å². The van der Waals surface area contributed by atoms with E-state index in [1.54, 1.807) is 0 Å². The fourth-order valence-electron chi connectivity index (χ4n) is 3.18. The molecule has 0 saturated carbocycles. The van der Waals surface area contributed by atoms with Gasteiger partial charge in [0.25, 0.3) is 0 Å². The van der Waals surface area contributed by atoms with Gasteiger partial charge in [0.2, 0.25) is 5.91 Å². The zero-order valence-corrected chi connectivity index (χ0v) is 15.1. The van der Waals surface area contributed by atoms with Gasteiger partial charge in [-0.3, -0.25) is 4.79 Å². The van der Waals surface area contributed by atoms with Crippen LogP contribution in [0.2, 0.25) is 0 Å². The maximum Gasteiger partial charge on any atom is 0.222 e. The predicted octanol–water partition coefficient (Wildman–Crippen LogP) is 3.79. The Kier molecular flexibility index (Phi) is 7.29. The van der Waals surface area contributed by atoms with E-state index >= 15 is 0 Å². The largest absolute Gasteiger partial charge is 0.399 e. The molecule has 4 nitrogen and oxygen atoms in total. The Hall–Kier alpha value is -2.04. The number of carbonyl (C=O) groups excluding carboxylic acids is 1. The molecule has 1 unspecified atom stereocenters. The Morgan fingerprint density at radius 2 is 2.00 bits per heavy atom. The molecular formula is C20H25ClN2O2. The molecule has 5 heteroatoms. The molecule has 0 bridgehead atoms. The first-order valence-electron chi connectivity index (χ1n) is 8.52. The van der Waals surface area contributed by atoms with Crippen LogP contribution in [-0.2, 0) is 22.6 Å². The lowest BCUT2D eigenvalue weighted by molar-refractivity contribution is -0.123. The number of aryl methyl sites for hydroxylation is 1. The normalized spacial score (nSPS) is 15.8. The average molecular weight is 361 g/mol. The summed E-state index contributed by atoms with van der Waals surface area (Å²) >= 11 is 0. The molecule has 2 aromatic carbocycles. The second kappa shape index (κ2) is 9.44. The first-order valence-corrected chi connectivity index (χ1v) is 8.52. The van der Waals surface area contributed by atoms with E-state index in [9.17, 15) is 4.79 Å². The second-order valence-corrected chi connectivity index (χ2v) is 6.26. The number of benzene rings is 2. The maximum atomic E-state index is 12.2. The highest BCUT2D eigenvalue weighted by molar-refractivity contribution is 5.85. The molecule has 25 heavy (non-hydrogen) atoms. The van der Waals surface area contributed by atoms with Crippen LogP contribution in [0.1, 0.15) is 42.0 Å². The molecule has 0 saturated heterocycles. The Morgan fingerprint density at radius 1 is 1.20 bits per heavy atom. The minimum absolute atomic E-state index is 0. The van der Waals surface area contributed by atoms with Crippen LogP contribution in [0.3, 0.4) is 0 Å². The summed E-state index contributed by atoms with van der Waals surface area (Å²) in [7, 11) is 0. The Balaban J connectivity index is 0.00000225. The van der Waals surface area contributed by atoms with E-state index < -0.39 is 0 Å². The summed E-state index contributed by atoms with van der Waals surface area (Å²) < 4.78 is 5.59. The first-order chi connectivity index (χ1) is 11.7. The van der Waals surface area contributed by atoms with E-state index in [-0.39, 0.29) is 24.4 Å². The summed E-state index contributed by atoms with van der Waals surface area (Å²) in [6, 6.07) is 16.1. The quantitative estimate of drug-likeness (QED) is 0.608. The van der Waals surface area contributed by atoms with Gasteiger partial charge >= 0.3 is 0 Å². The molecule has 0 aromatic heterocycles. The minimum Gasteiger partial charge on any atom is -0.399 e. The standard InChI is InChI=1S/C20H24N2O2.ClH/c21-17-9-10-18-16(13-17)7-4-8-19(18)22-20(23)11-12-24-14-15-5-2-1-3-6-15;/h1-3,5-6,9-10,13,19H,4,7-8,11-12,14,21H2,(H,22,23);1H. The van der Waals surface area contributed by atoms with Crippen molar-refractivity contribution in [2.45, 2.75) is 38.3 Å². The molecule has 3 N–H and O–H groups in total. The molecule has 0 spiro atoms. The molecule has 0 heterocycles. The van der Waals surface area contributed by atoms with E-state index in [0.29, 0.717) is 19.6 Å². The van der Waals surface area contributed by atoms with Gasteiger partial charge in [0.05, 0.1) is 19.3 Å². The summed E-state index contributed by atoms with van der Waals surface area (Å²) in [4.78, 5) is 12.2. The summed E-state index contributed by atoms with van der Waals surface area (Å²) in [6.45, 7) is 0.974. The predicted molar refractivity (Wildman–Crippen MR) is 103 cm³/mol. The third kappa shape index (κ3) is 5.48. The molecule has 1 aliphatic rings. The van der Waals surface area contributed by atoms with Crippen LogP contribution < -0.4 is 11.1 Å². The lowest BCUT2D eigenvalue weighted by Gasteiger charge is -2.26. The molecule has 0 aliphatic heterocycles. The number of fused-ring (bicyclic) bond motifs is 1. The summed E-state index contributed by atoms with van der Waals surface area (Å²) in [5.41, 5.74) is 10.2. The number of anilines is 1. The number of nitrogens with two attached hydrogens (primary N) is 1. The van der Waals surface area contributed by atoms with Crippen molar-refractivity contribution in [3.8, 4) is 0 Å². The fourth-order valence-corrected chi connectivity index (χ4v) is 3.18. The van der Waals surface area contributed by atoms with E-state index in [4.69, 9.17) is 10.5 Å². The van der Waals surface area contributed by atoms with Crippen molar-refractivity contribution >= 4 is 24.0 Å². The molecule has 0 fully saturated rings. The topological polar surface area (TPSA) is 64.3 Å². The number of halogens is 1. The first kappa shape index (κ1) is 19.3. The van der Waals surface area contributed by atoms with Crippen LogP contribution in [0.4, 0.5) is 5.69 Å².